The molecule has 2 aromatic rings. The third-order valence-electron chi connectivity index (χ3n) is 2.82. The lowest BCUT2D eigenvalue weighted by atomic mass is 10.1. The van der Waals surface area contributed by atoms with Crippen molar-refractivity contribution in [1.82, 2.24) is 15.5 Å². The van der Waals surface area contributed by atoms with Crippen LogP contribution in [0.5, 0.6) is 0 Å². The van der Waals surface area contributed by atoms with Crippen molar-refractivity contribution in [2.45, 2.75) is 19.0 Å². The van der Waals surface area contributed by atoms with Crippen molar-refractivity contribution >= 4 is 5.91 Å². The van der Waals surface area contributed by atoms with Gasteiger partial charge in [-0.1, -0.05) is 30.3 Å². The fourth-order valence-corrected chi connectivity index (χ4v) is 1.70. The Balaban J connectivity index is 2.00. The summed E-state index contributed by atoms with van der Waals surface area (Å²) in [4.78, 5) is 12.0. The van der Waals surface area contributed by atoms with Gasteiger partial charge in [0.05, 0.1) is 12.2 Å². The molecule has 0 aliphatic heterocycles. The Hall–Kier alpha value is -2.14. The first-order valence-electron chi connectivity index (χ1n) is 5.78. The molecule has 0 fully saturated rings. The summed E-state index contributed by atoms with van der Waals surface area (Å²) in [6.45, 7) is 1.89. The molecule has 0 radical (unpaired) electrons. The predicted octanol–water partition coefficient (Wildman–Crippen LogP) is 1.29. The highest BCUT2D eigenvalue weighted by atomic mass is 16.2. The molecule has 0 saturated heterocycles. The topological polar surface area (TPSA) is 83.8 Å². The zero-order valence-corrected chi connectivity index (χ0v) is 10.1. The molecule has 0 saturated carbocycles. The normalized spacial score (nSPS) is 13.9. The van der Waals surface area contributed by atoms with Crippen molar-refractivity contribution < 1.29 is 4.79 Å². The van der Waals surface area contributed by atoms with Crippen LogP contribution < -0.4 is 11.1 Å². The van der Waals surface area contributed by atoms with Crippen LogP contribution in [0.4, 0.5) is 0 Å². The smallest absolute Gasteiger partial charge is 0.241 e. The molecule has 1 heterocycles. The summed E-state index contributed by atoms with van der Waals surface area (Å²) in [6.07, 6.45) is 3.43. The number of amides is 1. The third-order valence-corrected chi connectivity index (χ3v) is 2.82. The first kappa shape index (κ1) is 12.3. The predicted molar refractivity (Wildman–Crippen MR) is 68.5 cm³/mol. The minimum Gasteiger partial charge on any atom is -0.348 e. The van der Waals surface area contributed by atoms with E-state index >= 15 is 0 Å². The van der Waals surface area contributed by atoms with E-state index in [1.165, 1.54) is 0 Å². The van der Waals surface area contributed by atoms with Gasteiger partial charge in [-0.15, -0.1) is 0 Å². The number of hydrogen-bond donors (Lipinski definition) is 3. The van der Waals surface area contributed by atoms with Gasteiger partial charge in [-0.25, -0.2) is 0 Å². The quantitative estimate of drug-likeness (QED) is 0.757. The lowest BCUT2D eigenvalue weighted by Crippen LogP contribution is -2.35. The molecule has 0 spiro atoms. The van der Waals surface area contributed by atoms with Gasteiger partial charge in [0.2, 0.25) is 5.91 Å². The molecule has 5 nitrogen and oxygen atoms in total. The number of nitrogens with zero attached hydrogens (tertiary/aromatic N) is 1. The van der Waals surface area contributed by atoms with Crippen LogP contribution >= 0.6 is 0 Å². The highest BCUT2D eigenvalue weighted by molar-refractivity contribution is 5.83. The number of nitrogens with one attached hydrogen (secondary N) is 2. The molecular formula is C13H16N4O. The van der Waals surface area contributed by atoms with Crippen LogP contribution in [0.1, 0.15) is 30.1 Å². The van der Waals surface area contributed by atoms with Crippen LogP contribution in [-0.2, 0) is 4.79 Å². The molecule has 94 valence electrons. The van der Waals surface area contributed by atoms with Crippen LogP contribution in [0.2, 0.25) is 0 Å². The standard InChI is InChI=1S/C13H16N4O/c1-9(11-7-15-16-8-11)17-13(18)12(14)10-5-3-2-4-6-10/h2-9,12H,14H2,1H3,(H,15,16)(H,17,18). The molecule has 2 rings (SSSR count). The van der Waals surface area contributed by atoms with Crippen molar-refractivity contribution in [3.63, 3.8) is 0 Å². The number of aromatic nitrogens is 2. The SMILES string of the molecule is CC(NC(=O)C(N)c1ccccc1)c1cn[nH]c1. The van der Waals surface area contributed by atoms with Gasteiger partial charge >= 0.3 is 0 Å². The van der Waals surface area contributed by atoms with Gasteiger partial charge in [0.25, 0.3) is 0 Å². The molecule has 0 bridgehead atoms. The van der Waals surface area contributed by atoms with Crippen LogP contribution in [-0.4, -0.2) is 16.1 Å². The second-order valence-corrected chi connectivity index (χ2v) is 4.15. The molecule has 18 heavy (non-hydrogen) atoms. The molecule has 5 heteroatoms. The highest BCUT2D eigenvalue weighted by Crippen LogP contribution is 2.13. The molecule has 1 aromatic heterocycles. The van der Waals surface area contributed by atoms with Crippen molar-refractivity contribution in [3.8, 4) is 0 Å². The maximum Gasteiger partial charge on any atom is 0.241 e. The summed E-state index contributed by atoms with van der Waals surface area (Å²) in [5, 5.41) is 9.41. The Kier molecular flexibility index (Phi) is 3.74. The van der Waals surface area contributed by atoms with Crippen molar-refractivity contribution in [1.29, 1.82) is 0 Å². The van der Waals surface area contributed by atoms with Crippen molar-refractivity contribution in [2.75, 3.05) is 0 Å². The molecule has 1 aromatic carbocycles. The van der Waals surface area contributed by atoms with E-state index in [2.05, 4.69) is 15.5 Å². The van der Waals surface area contributed by atoms with E-state index in [9.17, 15) is 4.79 Å². The summed E-state index contributed by atoms with van der Waals surface area (Å²) in [5.74, 6) is -0.199. The molecule has 1 amide bonds. The number of H-pyrrole nitrogens is 1. The number of carbonyl (C=O) groups is 1. The summed E-state index contributed by atoms with van der Waals surface area (Å²) < 4.78 is 0. The maximum absolute atomic E-state index is 12.0. The van der Waals surface area contributed by atoms with Crippen molar-refractivity contribution in [2.24, 2.45) is 5.73 Å². The maximum atomic E-state index is 12.0. The van der Waals surface area contributed by atoms with Gasteiger partial charge in [0, 0.05) is 11.8 Å². The number of rotatable bonds is 4. The van der Waals surface area contributed by atoms with E-state index in [0.29, 0.717) is 0 Å². The Morgan fingerprint density at radius 2 is 2.06 bits per heavy atom. The first-order chi connectivity index (χ1) is 8.68. The van der Waals surface area contributed by atoms with Gasteiger partial charge in [0.1, 0.15) is 6.04 Å². The molecule has 2 atom stereocenters. The van der Waals surface area contributed by atoms with Crippen molar-refractivity contribution in [3.05, 3.63) is 53.9 Å². The summed E-state index contributed by atoms with van der Waals surface area (Å²) >= 11 is 0. The number of hydrogen-bond acceptors (Lipinski definition) is 3. The van der Waals surface area contributed by atoms with Crippen LogP contribution in [0.3, 0.4) is 0 Å². The largest absolute Gasteiger partial charge is 0.348 e. The number of nitrogens with two attached hydrogens (primary N) is 1. The average molecular weight is 244 g/mol. The van der Waals surface area contributed by atoms with E-state index in [1.807, 2.05) is 37.3 Å². The van der Waals surface area contributed by atoms with Crippen LogP contribution in [0, 0.1) is 0 Å². The Labute approximate surface area is 105 Å². The van der Waals surface area contributed by atoms with E-state index in [-0.39, 0.29) is 11.9 Å². The minimum atomic E-state index is -0.652. The minimum absolute atomic E-state index is 0.119. The molecule has 0 aliphatic rings. The monoisotopic (exact) mass is 244 g/mol. The second kappa shape index (κ2) is 5.46. The van der Waals surface area contributed by atoms with Gasteiger partial charge < -0.3 is 11.1 Å². The highest BCUT2D eigenvalue weighted by Gasteiger charge is 2.18. The van der Waals surface area contributed by atoms with Crippen LogP contribution in [0.25, 0.3) is 0 Å². The second-order valence-electron chi connectivity index (χ2n) is 4.15. The summed E-state index contributed by atoms with van der Waals surface area (Å²) in [6, 6.07) is 8.53. The average Bonchev–Trinajstić information content (AvgIpc) is 2.92. The first-order valence-corrected chi connectivity index (χ1v) is 5.78. The van der Waals surface area contributed by atoms with E-state index in [1.54, 1.807) is 12.4 Å². The molecular weight excluding hydrogens is 228 g/mol. The van der Waals surface area contributed by atoms with E-state index < -0.39 is 6.04 Å². The fraction of sp³-hybridized carbons (Fsp3) is 0.231. The lowest BCUT2D eigenvalue weighted by Gasteiger charge is -2.16. The number of carbonyl (C=O) groups excluding carboxylic acids is 1. The van der Waals surface area contributed by atoms with Gasteiger partial charge in [-0.3, -0.25) is 9.89 Å². The number of benzene rings is 1. The lowest BCUT2D eigenvalue weighted by molar-refractivity contribution is -0.123. The molecule has 2 unspecified atom stereocenters. The summed E-state index contributed by atoms with van der Waals surface area (Å²) in [7, 11) is 0. The Morgan fingerprint density at radius 1 is 1.33 bits per heavy atom. The third kappa shape index (κ3) is 2.75. The number of aromatic amines is 1. The zero-order valence-electron chi connectivity index (χ0n) is 10.1. The zero-order chi connectivity index (χ0) is 13.0. The Bertz CT molecular complexity index is 495. The van der Waals surface area contributed by atoms with Gasteiger partial charge in [-0.05, 0) is 12.5 Å². The van der Waals surface area contributed by atoms with Gasteiger partial charge in [-0.2, -0.15) is 5.10 Å². The summed E-state index contributed by atoms with van der Waals surface area (Å²) in [5.41, 5.74) is 7.63. The molecule has 4 N–H and O–H groups in total. The fourth-order valence-electron chi connectivity index (χ4n) is 1.70. The van der Waals surface area contributed by atoms with Gasteiger partial charge in [0.15, 0.2) is 0 Å². The van der Waals surface area contributed by atoms with E-state index in [0.717, 1.165) is 11.1 Å². The molecule has 0 aliphatic carbocycles. The Morgan fingerprint density at radius 3 is 2.67 bits per heavy atom. The van der Waals surface area contributed by atoms with Crippen LogP contribution in [0.15, 0.2) is 42.7 Å². The van der Waals surface area contributed by atoms with E-state index in [4.69, 9.17) is 5.73 Å².